The van der Waals surface area contributed by atoms with Gasteiger partial charge in [-0.05, 0) is 37.5 Å². The van der Waals surface area contributed by atoms with Crippen LogP contribution < -0.4 is 21.1 Å². The molecule has 0 aromatic rings. The number of nitrogens with two attached hydrogens (primary N) is 1. The van der Waals surface area contributed by atoms with E-state index in [4.69, 9.17) is 5.73 Å². The highest BCUT2D eigenvalue weighted by molar-refractivity contribution is 5.76. The standard InChI is InChI=1S/C22H38N4O4/c23-21(29)16-6-10-25(11-7-16)12-8-18-15-26(13-9-17(18)14-20(27)28)22(30)24-19-4-2-1-3-5-19/h16-19H,1-15H2,(H2,23,29)(H,24,30)(H,27,28)/t17-,18-/m0/s1. The zero-order valence-electron chi connectivity index (χ0n) is 18.1. The first-order valence-corrected chi connectivity index (χ1v) is 11.8. The van der Waals surface area contributed by atoms with Crippen LogP contribution in [0.25, 0.3) is 0 Å². The van der Waals surface area contributed by atoms with Gasteiger partial charge in [-0.3, -0.25) is 4.79 Å². The summed E-state index contributed by atoms with van der Waals surface area (Å²) >= 11 is 0. The van der Waals surface area contributed by atoms with Gasteiger partial charge in [0.05, 0.1) is 19.6 Å². The Hall–Kier alpha value is -1.83. The Morgan fingerprint density at radius 3 is 2.33 bits per heavy atom. The number of rotatable bonds is 7. The molecule has 4 N–H and O–H groups in total. The Morgan fingerprint density at radius 2 is 1.70 bits per heavy atom. The summed E-state index contributed by atoms with van der Waals surface area (Å²) in [6.07, 6.45) is 9.05. The SMILES string of the molecule is NC(=O)C1CC[NH+](CC[C@H]2CN(C(=O)NC3CCCCC3)CC[C@H]2CC(=O)[O-])CC1. The van der Waals surface area contributed by atoms with Crippen LogP contribution in [-0.4, -0.2) is 61.6 Å². The lowest BCUT2D eigenvalue weighted by molar-refractivity contribution is -0.906. The molecule has 8 heteroatoms. The lowest BCUT2D eigenvalue weighted by Gasteiger charge is -2.40. The Labute approximate surface area is 179 Å². The number of quaternary nitrogens is 1. The van der Waals surface area contributed by atoms with Crippen LogP contribution in [0.2, 0.25) is 0 Å². The predicted molar refractivity (Wildman–Crippen MR) is 110 cm³/mol. The molecule has 2 aliphatic heterocycles. The van der Waals surface area contributed by atoms with Crippen molar-refractivity contribution in [2.45, 2.75) is 70.3 Å². The maximum atomic E-state index is 12.8. The van der Waals surface area contributed by atoms with Crippen LogP contribution in [-0.2, 0) is 9.59 Å². The molecule has 0 aromatic carbocycles. The van der Waals surface area contributed by atoms with Crippen LogP contribution in [0.4, 0.5) is 4.79 Å². The summed E-state index contributed by atoms with van der Waals surface area (Å²) in [5.74, 6) is -0.964. The van der Waals surface area contributed by atoms with Gasteiger partial charge in [-0.15, -0.1) is 0 Å². The van der Waals surface area contributed by atoms with Crippen molar-refractivity contribution in [3.05, 3.63) is 0 Å². The highest BCUT2D eigenvalue weighted by Gasteiger charge is 2.34. The molecule has 3 fully saturated rings. The molecule has 3 amide bonds. The number of primary amides is 1. The number of nitrogens with one attached hydrogen (secondary N) is 2. The number of carboxylic acids is 1. The summed E-state index contributed by atoms with van der Waals surface area (Å²) in [6.45, 7) is 4.03. The maximum absolute atomic E-state index is 12.8. The summed E-state index contributed by atoms with van der Waals surface area (Å²) < 4.78 is 0. The third-order valence-electron chi connectivity index (χ3n) is 7.50. The van der Waals surface area contributed by atoms with Crippen molar-refractivity contribution in [1.29, 1.82) is 0 Å². The fourth-order valence-electron chi connectivity index (χ4n) is 5.54. The number of likely N-dealkylation sites (tertiary alicyclic amines) is 2. The molecule has 0 bridgehead atoms. The average Bonchev–Trinajstić information content (AvgIpc) is 2.73. The van der Waals surface area contributed by atoms with Crippen molar-refractivity contribution in [1.82, 2.24) is 10.2 Å². The summed E-state index contributed by atoms with van der Waals surface area (Å²) in [7, 11) is 0. The van der Waals surface area contributed by atoms with Crippen LogP contribution in [0.1, 0.15) is 64.2 Å². The minimum Gasteiger partial charge on any atom is -0.550 e. The molecule has 0 radical (unpaired) electrons. The van der Waals surface area contributed by atoms with Crippen molar-refractivity contribution in [2.75, 3.05) is 32.7 Å². The number of urea groups is 1. The lowest BCUT2D eigenvalue weighted by Crippen LogP contribution is -3.13. The quantitative estimate of drug-likeness (QED) is 0.501. The molecule has 3 aliphatic rings. The third-order valence-corrected chi connectivity index (χ3v) is 7.50. The first-order chi connectivity index (χ1) is 14.4. The van der Waals surface area contributed by atoms with Gasteiger partial charge in [0.25, 0.3) is 0 Å². The van der Waals surface area contributed by atoms with E-state index in [-0.39, 0.29) is 42.2 Å². The predicted octanol–water partition coefficient (Wildman–Crippen LogP) is -0.723. The van der Waals surface area contributed by atoms with E-state index >= 15 is 0 Å². The van der Waals surface area contributed by atoms with Gasteiger partial charge in [0.1, 0.15) is 0 Å². The number of aliphatic carboxylic acids is 1. The van der Waals surface area contributed by atoms with E-state index in [9.17, 15) is 19.5 Å². The molecule has 1 saturated carbocycles. The second kappa shape index (κ2) is 11.0. The third kappa shape index (κ3) is 6.59. The molecule has 8 nitrogen and oxygen atoms in total. The fourth-order valence-corrected chi connectivity index (χ4v) is 5.54. The summed E-state index contributed by atoms with van der Waals surface area (Å²) in [5.41, 5.74) is 5.43. The largest absolute Gasteiger partial charge is 0.550 e. The van der Waals surface area contributed by atoms with Crippen LogP contribution >= 0.6 is 0 Å². The number of hydrogen-bond acceptors (Lipinski definition) is 4. The number of carbonyl (C=O) groups excluding carboxylic acids is 3. The Bertz CT molecular complexity index is 600. The Balaban J connectivity index is 1.51. The molecule has 2 heterocycles. The summed E-state index contributed by atoms with van der Waals surface area (Å²) in [4.78, 5) is 38.7. The van der Waals surface area contributed by atoms with E-state index < -0.39 is 5.97 Å². The molecule has 2 saturated heterocycles. The smallest absolute Gasteiger partial charge is 0.317 e. The van der Waals surface area contributed by atoms with Crippen LogP contribution in [0.3, 0.4) is 0 Å². The molecule has 1 aliphatic carbocycles. The number of carbonyl (C=O) groups is 3. The Kier molecular flexibility index (Phi) is 8.36. The maximum Gasteiger partial charge on any atom is 0.317 e. The van der Waals surface area contributed by atoms with E-state index in [2.05, 4.69) is 5.32 Å². The van der Waals surface area contributed by atoms with Crippen molar-refractivity contribution in [3.63, 3.8) is 0 Å². The molecule has 3 rings (SSSR count). The minimum atomic E-state index is -1.00. The van der Waals surface area contributed by atoms with Gasteiger partial charge in [0.15, 0.2) is 0 Å². The number of nitrogens with zero attached hydrogens (tertiary/aromatic N) is 1. The Morgan fingerprint density at radius 1 is 1.00 bits per heavy atom. The molecule has 2 atom stereocenters. The fraction of sp³-hybridized carbons (Fsp3) is 0.864. The number of carboxylic acid groups (broad SMARTS) is 1. The van der Waals surface area contributed by atoms with E-state index in [1.165, 1.54) is 24.2 Å². The van der Waals surface area contributed by atoms with Gasteiger partial charge in [-0.25, -0.2) is 4.79 Å². The molecular weight excluding hydrogens is 384 g/mol. The molecule has 30 heavy (non-hydrogen) atoms. The highest BCUT2D eigenvalue weighted by atomic mass is 16.4. The normalized spacial score (nSPS) is 30.6. The second-order valence-corrected chi connectivity index (χ2v) is 9.58. The minimum absolute atomic E-state index is 0.00626. The molecule has 0 unspecified atom stereocenters. The number of amides is 3. The van der Waals surface area contributed by atoms with E-state index in [0.717, 1.165) is 58.2 Å². The average molecular weight is 423 g/mol. The van der Waals surface area contributed by atoms with Gasteiger partial charge in [0, 0.05) is 50.3 Å². The first kappa shape index (κ1) is 22.8. The monoisotopic (exact) mass is 422 g/mol. The van der Waals surface area contributed by atoms with Crippen molar-refractivity contribution < 1.29 is 24.4 Å². The molecule has 170 valence electrons. The van der Waals surface area contributed by atoms with Gasteiger partial charge >= 0.3 is 6.03 Å². The summed E-state index contributed by atoms with van der Waals surface area (Å²) in [5, 5.41) is 14.4. The van der Waals surface area contributed by atoms with Crippen LogP contribution in [0.5, 0.6) is 0 Å². The van der Waals surface area contributed by atoms with Gasteiger partial charge in [-0.2, -0.15) is 0 Å². The van der Waals surface area contributed by atoms with Crippen molar-refractivity contribution in [2.24, 2.45) is 23.5 Å². The topological polar surface area (TPSA) is 120 Å². The molecule has 0 aromatic heterocycles. The lowest BCUT2D eigenvalue weighted by atomic mass is 9.81. The molecule has 0 spiro atoms. The number of hydrogen-bond donors (Lipinski definition) is 3. The van der Waals surface area contributed by atoms with Gasteiger partial charge in [-0.1, -0.05) is 19.3 Å². The van der Waals surface area contributed by atoms with Crippen molar-refractivity contribution in [3.8, 4) is 0 Å². The molecular formula is C22H38N4O4. The highest BCUT2D eigenvalue weighted by Crippen LogP contribution is 2.29. The van der Waals surface area contributed by atoms with Crippen LogP contribution in [0, 0.1) is 17.8 Å². The van der Waals surface area contributed by atoms with Crippen molar-refractivity contribution >= 4 is 17.9 Å². The van der Waals surface area contributed by atoms with E-state index in [1.54, 1.807) is 0 Å². The zero-order chi connectivity index (χ0) is 21.5. The van der Waals surface area contributed by atoms with Gasteiger partial charge < -0.3 is 30.8 Å². The van der Waals surface area contributed by atoms with E-state index in [1.807, 2.05) is 4.90 Å². The van der Waals surface area contributed by atoms with E-state index in [0.29, 0.717) is 13.1 Å². The first-order valence-electron chi connectivity index (χ1n) is 11.8. The summed E-state index contributed by atoms with van der Waals surface area (Å²) in [6, 6.07) is 0.287. The zero-order valence-corrected chi connectivity index (χ0v) is 18.1. The van der Waals surface area contributed by atoms with Crippen LogP contribution in [0.15, 0.2) is 0 Å². The second-order valence-electron chi connectivity index (χ2n) is 9.58. The number of piperidine rings is 2. The van der Waals surface area contributed by atoms with Gasteiger partial charge in [0.2, 0.25) is 5.91 Å².